The molecule has 3 aromatic rings. The number of carbonyl (C=O) groups is 1. The van der Waals surface area contributed by atoms with E-state index in [-0.39, 0.29) is 6.04 Å². The van der Waals surface area contributed by atoms with Crippen LogP contribution >= 0.6 is 23.2 Å². The zero-order chi connectivity index (χ0) is 25.0. The minimum Gasteiger partial charge on any atom is -0.300 e. The Morgan fingerprint density at radius 1 is 0.778 bits per heavy atom. The van der Waals surface area contributed by atoms with Gasteiger partial charge in [-0.25, -0.2) is 0 Å². The molecule has 6 heteroatoms. The molecule has 5 rings (SSSR count). The Hall–Kier alpha value is -2.21. The Morgan fingerprint density at radius 3 is 2.00 bits per heavy atom. The van der Waals surface area contributed by atoms with Crippen LogP contribution in [0.2, 0.25) is 10.0 Å². The molecule has 1 atom stereocenters. The van der Waals surface area contributed by atoms with Crippen LogP contribution in [0.15, 0.2) is 78.9 Å². The predicted molar refractivity (Wildman–Crippen MR) is 147 cm³/mol. The van der Waals surface area contributed by atoms with Gasteiger partial charge >= 0.3 is 0 Å². The van der Waals surface area contributed by atoms with Crippen molar-refractivity contribution in [2.45, 2.75) is 37.5 Å². The summed E-state index contributed by atoms with van der Waals surface area (Å²) in [6, 6.07) is 27.5. The summed E-state index contributed by atoms with van der Waals surface area (Å²) in [4.78, 5) is 20.1. The van der Waals surface area contributed by atoms with Crippen molar-refractivity contribution in [2.24, 2.45) is 0 Å². The highest BCUT2D eigenvalue weighted by atomic mass is 35.5. The second-order valence-electron chi connectivity index (χ2n) is 9.87. The highest BCUT2D eigenvalue weighted by Crippen LogP contribution is 2.35. The molecule has 0 N–H and O–H groups in total. The molecule has 0 bridgehead atoms. The first-order chi connectivity index (χ1) is 17.6. The number of nitrogens with zero attached hydrogens (tertiary/aromatic N) is 3. The van der Waals surface area contributed by atoms with E-state index in [1.807, 2.05) is 18.2 Å². The maximum Gasteiger partial charge on any atom is 0.155 e. The minimum absolute atomic E-state index is 0.209. The molecule has 0 aliphatic carbocycles. The van der Waals surface area contributed by atoms with Gasteiger partial charge in [-0.2, -0.15) is 0 Å². The first-order valence-corrected chi connectivity index (χ1v) is 13.6. The van der Waals surface area contributed by atoms with Crippen molar-refractivity contribution in [1.29, 1.82) is 0 Å². The number of rotatable bonds is 7. The summed E-state index contributed by atoms with van der Waals surface area (Å²) in [5, 5.41) is 1.12. The molecule has 0 amide bonds. The second kappa shape index (κ2) is 11.5. The monoisotopic (exact) mass is 521 g/mol. The molecule has 2 fully saturated rings. The molecule has 2 aliphatic rings. The van der Waals surface area contributed by atoms with Gasteiger partial charge in [-0.05, 0) is 48.1 Å². The van der Waals surface area contributed by atoms with Crippen LogP contribution in [-0.4, -0.2) is 59.4 Å². The van der Waals surface area contributed by atoms with Crippen molar-refractivity contribution in [2.75, 3.05) is 32.7 Å². The van der Waals surface area contributed by atoms with E-state index in [1.54, 1.807) is 0 Å². The summed E-state index contributed by atoms with van der Waals surface area (Å²) < 4.78 is 0. The Kier molecular flexibility index (Phi) is 8.09. The van der Waals surface area contributed by atoms with Crippen molar-refractivity contribution in [3.8, 4) is 0 Å². The maximum atomic E-state index is 12.8. The third kappa shape index (κ3) is 5.25. The van der Waals surface area contributed by atoms with Crippen molar-refractivity contribution < 1.29 is 4.79 Å². The van der Waals surface area contributed by atoms with E-state index in [1.165, 1.54) is 17.4 Å². The molecule has 0 radical (unpaired) electrons. The molecular weight excluding hydrogens is 489 g/mol. The largest absolute Gasteiger partial charge is 0.300 e. The zero-order valence-electron chi connectivity index (χ0n) is 20.5. The molecule has 0 saturated carbocycles. The molecule has 0 unspecified atom stereocenters. The third-order valence-corrected chi connectivity index (χ3v) is 8.51. The summed E-state index contributed by atoms with van der Waals surface area (Å²) in [7, 11) is 0. The molecular formula is C30H33Cl2N3O. The van der Waals surface area contributed by atoms with Crippen LogP contribution in [0.1, 0.15) is 42.0 Å². The number of carbonyl (C=O) groups excluding carboxylic acids is 1. The molecule has 2 heterocycles. The van der Waals surface area contributed by atoms with E-state index in [4.69, 9.17) is 23.2 Å². The third-order valence-electron chi connectivity index (χ3n) is 7.77. The van der Waals surface area contributed by atoms with Gasteiger partial charge in [-0.15, -0.1) is 0 Å². The fourth-order valence-electron chi connectivity index (χ4n) is 5.93. The fraction of sp³-hybridized carbons (Fsp3) is 0.367. The lowest BCUT2D eigenvalue weighted by Crippen LogP contribution is -2.67. The van der Waals surface area contributed by atoms with Gasteiger partial charge in [-0.1, -0.05) is 89.9 Å². The van der Waals surface area contributed by atoms with Gasteiger partial charge in [0.2, 0.25) is 0 Å². The number of hydrogen-bond donors (Lipinski definition) is 0. The van der Waals surface area contributed by atoms with E-state index in [0.717, 1.165) is 57.5 Å². The van der Waals surface area contributed by atoms with Crippen LogP contribution in [0.4, 0.5) is 0 Å². The van der Waals surface area contributed by atoms with Gasteiger partial charge in [0.15, 0.2) is 6.29 Å². The van der Waals surface area contributed by atoms with Gasteiger partial charge in [-0.3, -0.25) is 19.5 Å². The Morgan fingerprint density at radius 2 is 1.42 bits per heavy atom. The topological polar surface area (TPSA) is 26.8 Å². The van der Waals surface area contributed by atoms with E-state index >= 15 is 0 Å². The number of aldehydes is 1. The van der Waals surface area contributed by atoms with Crippen LogP contribution in [-0.2, 0) is 11.3 Å². The van der Waals surface area contributed by atoms with Crippen molar-refractivity contribution >= 4 is 29.5 Å². The van der Waals surface area contributed by atoms with Crippen molar-refractivity contribution in [1.82, 2.24) is 14.7 Å². The van der Waals surface area contributed by atoms with Gasteiger partial charge in [0.25, 0.3) is 0 Å². The zero-order valence-corrected chi connectivity index (χ0v) is 22.0. The number of piperidine rings is 1. The average Bonchev–Trinajstić information content (AvgIpc) is 2.93. The Bertz CT molecular complexity index is 1110. The molecule has 2 aliphatic heterocycles. The van der Waals surface area contributed by atoms with Crippen molar-refractivity contribution in [3.05, 3.63) is 106 Å². The molecule has 0 aromatic heterocycles. The summed E-state index contributed by atoms with van der Waals surface area (Å²) >= 11 is 12.4. The van der Waals surface area contributed by atoms with Gasteiger partial charge in [0.1, 0.15) is 5.66 Å². The molecule has 188 valence electrons. The van der Waals surface area contributed by atoms with E-state index < -0.39 is 5.66 Å². The summed E-state index contributed by atoms with van der Waals surface area (Å²) in [5.41, 5.74) is 3.12. The first-order valence-electron chi connectivity index (χ1n) is 12.8. The lowest BCUT2D eigenvalue weighted by atomic mass is 9.92. The number of hydrogen-bond acceptors (Lipinski definition) is 4. The standard InChI is InChI=1S/C30H33Cl2N3O/c31-27-14-13-24(21-28(27)32)22-35-16-8-7-15-30(35,23-36)34-19-17-33(18-20-34)29(25-9-3-1-4-10-25)26-11-5-2-6-12-26/h1-6,9-14,21,23,29H,7-8,15-20,22H2/t30-/m1/s1. The second-order valence-corrected chi connectivity index (χ2v) is 10.7. The van der Waals surface area contributed by atoms with Crippen LogP contribution in [0.25, 0.3) is 0 Å². The van der Waals surface area contributed by atoms with Crippen LogP contribution in [0.5, 0.6) is 0 Å². The SMILES string of the molecule is O=C[C@@]1(N2CCN(C(c3ccccc3)c3ccccc3)CC2)CCCCN1Cc1ccc(Cl)c(Cl)c1. The van der Waals surface area contributed by atoms with Crippen LogP contribution < -0.4 is 0 Å². The first kappa shape index (κ1) is 25.4. The van der Waals surface area contributed by atoms with E-state index in [9.17, 15) is 4.79 Å². The molecule has 36 heavy (non-hydrogen) atoms. The van der Waals surface area contributed by atoms with Gasteiger partial charge < -0.3 is 0 Å². The minimum atomic E-state index is -0.578. The van der Waals surface area contributed by atoms with Crippen LogP contribution in [0, 0.1) is 0 Å². The molecule has 3 aromatic carbocycles. The average molecular weight is 523 g/mol. The van der Waals surface area contributed by atoms with Crippen LogP contribution in [0.3, 0.4) is 0 Å². The quantitative estimate of drug-likeness (QED) is 0.341. The molecule has 4 nitrogen and oxygen atoms in total. The smallest absolute Gasteiger partial charge is 0.155 e. The Balaban J connectivity index is 1.35. The Labute approximate surface area is 224 Å². The van der Waals surface area contributed by atoms with E-state index in [0.29, 0.717) is 16.6 Å². The van der Waals surface area contributed by atoms with Gasteiger partial charge in [0.05, 0.1) is 16.1 Å². The number of piperazine rings is 1. The fourth-order valence-corrected chi connectivity index (χ4v) is 6.25. The highest BCUT2D eigenvalue weighted by Gasteiger charge is 2.45. The number of halogens is 2. The normalized spacial score (nSPS) is 22.1. The van der Waals surface area contributed by atoms with Crippen molar-refractivity contribution in [3.63, 3.8) is 0 Å². The summed E-state index contributed by atoms with van der Waals surface area (Å²) in [6.45, 7) is 5.11. The number of likely N-dealkylation sites (tertiary alicyclic amines) is 1. The van der Waals surface area contributed by atoms with Gasteiger partial charge in [0, 0.05) is 39.3 Å². The molecule has 2 saturated heterocycles. The lowest BCUT2D eigenvalue weighted by Gasteiger charge is -2.53. The lowest BCUT2D eigenvalue weighted by molar-refractivity contribution is -0.145. The number of benzene rings is 3. The maximum absolute atomic E-state index is 12.8. The predicted octanol–water partition coefficient (Wildman–Crippen LogP) is 6.28. The summed E-state index contributed by atoms with van der Waals surface area (Å²) in [6.07, 6.45) is 4.22. The summed E-state index contributed by atoms with van der Waals surface area (Å²) in [5.74, 6) is 0. The molecule has 0 spiro atoms. The highest BCUT2D eigenvalue weighted by molar-refractivity contribution is 6.42. The van der Waals surface area contributed by atoms with E-state index in [2.05, 4.69) is 75.4 Å².